The second kappa shape index (κ2) is 33.4. The number of aliphatic hydroxyl groups is 2. The SMILES string of the molecule is CCCCCCCCO.CCCCCCCCO.O=S(=O)([O-])[O-].[Na+].[Na+]. The normalized spacial score (nSPS) is 9.52. The Morgan fingerprint density at radius 2 is 0.800 bits per heavy atom. The maximum atomic E-state index is 8.52. The van der Waals surface area contributed by atoms with E-state index in [1.807, 2.05) is 0 Å². The molecule has 0 atom stereocenters. The molecule has 0 bridgehead atoms. The van der Waals surface area contributed by atoms with Crippen molar-refractivity contribution in [3.05, 3.63) is 0 Å². The second-order valence-electron chi connectivity index (χ2n) is 5.39. The molecule has 9 heteroatoms. The molecule has 25 heavy (non-hydrogen) atoms. The summed E-state index contributed by atoms with van der Waals surface area (Å²) in [6.07, 6.45) is 15.0. The van der Waals surface area contributed by atoms with Crippen molar-refractivity contribution in [2.75, 3.05) is 13.2 Å². The van der Waals surface area contributed by atoms with Crippen LogP contribution in [0.2, 0.25) is 0 Å². The molecule has 0 aliphatic heterocycles. The van der Waals surface area contributed by atoms with Crippen LogP contribution in [0.25, 0.3) is 0 Å². The fourth-order valence-electron chi connectivity index (χ4n) is 1.78. The topological polar surface area (TPSA) is 121 Å². The third kappa shape index (κ3) is 76.8. The molecule has 6 nitrogen and oxygen atoms in total. The first-order valence-corrected chi connectivity index (χ1v) is 10.0. The Labute approximate surface area is 199 Å². The quantitative estimate of drug-likeness (QED) is 0.159. The molecular weight excluding hydrogens is 366 g/mol. The first-order valence-electron chi connectivity index (χ1n) is 8.71. The third-order valence-corrected chi connectivity index (χ3v) is 3.02. The number of hydrogen-bond acceptors (Lipinski definition) is 6. The third-order valence-electron chi connectivity index (χ3n) is 3.02. The fourth-order valence-corrected chi connectivity index (χ4v) is 1.78. The van der Waals surface area contributed by atoms with Gasteiger partial charge in [0, 0.05) is 23.6 Å². The van der Waals surface area contributed by atoms with Gasteiger partial charge in [-0.2, -0.15) is 0 Å². The van der Waals surface area contributed by atoms with Gasteiger partial charge in [0.1, 0.15) is 0 Å². The van der Waals surface area contributed by atoms with E-state index in [1.165, 1.54) is 64.2 Å². The summed E-state index contributed by atoms with van der Waals surface area (Å²) in [5, 5.41) is 16.8. The molecule has 0 aromatic rings. The zero-order valence-corrected chi connectivity index (χ0v) is 21.7. The van der Waals surface area contributed by atoms with Crippen LogP contribution < -0.4 is 59.1 Å². The largest absolute Gasteiger partial charge is 1.00 e. The molecule has 0 radical (unpaired) electrons. The molecule has 0 spiro atoms. The molecule has 0 saturated carbocycles. The van der Waals surface area contributed by atoms with E-state index in [1.54, 1.807) is 0 Å². The molecule has 0 saturated heterocycles. The molecule has 144 valence electrons. The van der Waals surface area contributed by atoms with E-state index >= 15 is 0 Å². The molecule has 0 aliphatic rings. The molecule has 2 N–H and O–H groups in total. The van der Waals surface area contributed by atoms with E-state index in [9.17, 15) is 0 Å². The Morgan fingerprint density at radius 3 is 1.00 bits per heavy atom. The maximum absolute atomic E-state index is 8.52. The van der Waals surface area contributed by atoms with E-state index < -0.39 is 10.4 Å². The zero-order valence-electron chi connectivity index (χ0n) is 16.8. The minimum absolute atomic E-state index is 0. The van der Waals surface area contributed by atoms with Crippen molar-refractivity contribution in [2.24, 2.45) is 0 Å². The fraction of sp³-hybridized carbons (Fsp3) is 1.00. The van der Waals surface area contributed by atoms with Gasteiger partial charge in [-0.3, -0.25) is 8.42 Å². The first-order chi connectivity index (χ1) is 10.8. The molecule has 0 aliphatic carbocycles. The Bertz CT molecular complexity index is 256. The van der Waals surface area contributed by atoms with Crippen LogP contribution in [0.3, 0.4) is 0 Å². The van der Waals surface area contributed by atoms with Gasteiger partial charge in [-0.15, -0.1) is 0 Å². The number of aliphatic hydroxyl groups excluding tert-OH is 2. The van der Waals surface area contributed by atoms with Gasteiger partial charge in [0.2, 0.25) is 0 Å². The summed E-state index contributed by atoms with van der Waals surface area (Å²) in [5.41, 5.74) is 0. The molecular formula is C16H36Na2O6S. The number of hydrogen-bond donors (Lipinski definition) is 2. The zero-order chi connectivity index (χ0) is 18.4. The maximum Gasteiger partial charge on any atom is 1.00 e. The standard InChI is InChI=1S/2C8H18O.2Na.H2O4S/c2*1-2-3-4-5-6-7-8-9;;;1-5(2,3)4/h2*9H,2-8H2,1H3;;;(H2,1,2,3,4)/q;;2*+1;/p-2. The van der Waals surface area contributed by atoms with Crippen LogP contribution in [0.1, 0.15) is 90.9 Å². The Kier molecular flexibility index (Phi) is 50.1. The van der Waals surface area contributed by atoms with Crippen molar-refractivity contribution in [1.82, 2.24) is 0 Å². The Morgan fingerprint density at radius 1 is 0.600 bits per heavy atom. The first kappa shape index (κ1) is 37.5. The van der Waals surface area contributed by atoms with Crippen molar-refractivity contribution in [2.45, 2.75) is 90.9 Å². The summed E-state index contributed by atoms with van der Waals surface area (Å²) in [4.78, 5) is 0. The predicted molar refractivity (Wildman–Crippen MR) is 91.4 cm³/mol. The summed E-state index contributed by atoms with van der Waals surface area (Å²) in [6, 6.07) is 0. The Hall–Kier alpha value is 1.79. The number of rotatable bonds is 12. The molecule has 0 amide bonds. The molecule has 0 rings (SSSR count). The van der Waals surface area contributed by atoms with Crippen LogP contribution in [-0.4, -0.2) is 41.0 Å². The van der Waals surface area contributed by atoms with Crippen LogP contribution in [-0.2, 0) is 10.4 Å². The molecule has 0 fully saturated rings. The van der Waals surface area contributed by atoms with Gasteiger partial charge >= 0.3 is 59.1 Å². The predicted octanol–water partition coefficient (Wildman–Crippen LogP) is -2.65. The van der Waals surface area contributed by atoms with E-state index in [0.717, 1.165) is 12.8 Å². The van der Waals surface area contributed by atoms with Gasteiger partial charge in [0.15, 0.2) is 0 Å². The van der Waals surface area contributed by atoms with E-state index in [4.69, 9.17) is 27.7 Å². The van der Waals surface area contributed by atoms with Crippen LogP contribution >= 0.6 is 0 Å². The average Bonchev–Trinajstić information content (AvgIpc) is 2.46. The summed E-state index contributed by atoms with van der Waals surface area (Å²) in [5.74, 6) is 0. The minimum atomic E-state index is -5.17. The summed E-state index contributed by atoms with van der Waals surface area (Å²) in [7, 11) is -5.17. The van der Waals surface area contributed by atoms with Crippen molar-refractivity contribution in [1.29, 1.82) is 0 Å². The van der Waals surface area contributed by atoms with Crippen LogP contribution in [0.5, 0.6) is 0 Å². The summed E-state index contributed by atoms with van der Waals surface area (Å²) in [6.45, 7) is 5.16. The van der Waals surface area contributed by atoms with Gasteiger partial charge in [0.25, 0.3) is 0 Å². The van der Waals surface area contributed by atoms with Gasteiger partial charge in [-0.1, -0.05) is 78.1 Å². The summed E-state index contributed by atoms with van der Waals surface area (Å²) < 4.78 is 34.1. The van der Waals surface area contributed by atoms with Gasteiger partial charge in [-0.25, -0.2) is 0 Å². The van der Waals surface area contributed by atoms with E-state index in [-0.39, 0.29) is 59.1 Å². The van der Waals surface area contributed by atoms with Crippen molar-refractivity contribution < 1.29 is 86.9 Å². The Balaban J connectivity index is -0.0000000800. The van der Waals surface area contributed by atoms with Crippen LogP contribution in [0, 0.1) is 0 Å². The van der Waals surface area contributed by atoms with E-state index in [2.05, 4.69) is 13.8 Å². The van der Waals surface area contributed by atoms with Gasteiger partial charge in [0.05, 0.1) is 0 Å². The smallest absolute Gasteiger partial charge is 0.759 e. The molecule has 0 heterocycles. The van der Waals surface area contributed by atoms with Crippen molar-refractivity contribution >= 4 is 10.4 Å². The van der Waals surface area contributed by atoms with E-state index in [0.29, 0.717) is 13.2 Å². The number of unbranched alkanes of at least 4 members (excludes halogenated alkanes) is 10. The van der Waals surface area contributed by atoms with Gasteiger partial charge < -0.3 is 19.3 Å². The van der Waals surface area contributed by atoms with Crippen molar-refractivity contribution in [3.8, 4) is 0 Å². The second-order valence-corrected chi connectivity index (χ2v) is 6.21. The van der Waals surface area contributed by atoms with Crippen molar-refractivity contribution in [3.63, 3.8) is 0 Å². The molecule has 0 aromatic carbocycles. The van der Waals surface area contributed by atoms with Crippen LogP contribution in [0.4, 0.5) is 0 Å². The monoisotopic (exact) mass is 402 g/mol. The molecule has 0 aromatic heterocycles. The van der Waals surface area contributed by atoms with Gasteiger partial charge in [-0.05, 0) is 12.8 Å². The average molecular weight is 403 g/mol. The summed E-state index contributed by atoms with van der Waals surface area (Å²) >= 11 is 0. The molecule has 0 unspecified atom stereocenters. The van der Waals surface area contributed by atoms with Crippen LogP contribution in [0.15, 0.2) is 0 Å². The minimum Gasteiger partial charge on any atom is -0.759 e.